The predicted molar refractivity (Wildman–Crippen MR) is 99.9 cm³/mol. The number of hydrogen-bond acceptors (Lipinski definition) is 6. The van der Waals surface area contributed by atoms with E-state index in [0.717, 1.165) is 0 Å². The Morgan fingerprint density at radius 2 is 2.00 bits per heavy atom. The summed E-state index contributed by atoms with van der Waals surface area (Å²) < 4.78 is 15.7. The maximum atomic E-state index is 12.6. The standard InChI is InChI=1S/C20H19N3O5/c1-13-12-26-10-8-23(13)20(25)14-4-6-15(7-5-14)21-19(24)16-11-18(28-22-16)17-3-2-9-27-17/h2-7,9,11,13H,8,10,12H2,1H3,(H,21,24). The Kier molecular flexibility index (Phi) is 4.94. The molecule has 0 radical (unpaired) electrons. The predicted octanol–water partition coefficient (Wildman–Crippen LogP) is 3.05. The lowest BCUT2D eigenvalue weighted by Crippen LogP contribution is -2.47. The summed E-state index contributed by atoms with van der Waals surface area (Å²) in [5, 5.41) is 6.50. The van der Waals surface area contributed by atoms with Crippen molar-refractivity contribution in [1.29, 1.82) is 0 Å². The van der Waals surface area contributed by atoms with Gasteiger partial charge in [-0.05, 0) is 43.3 Å². The first-order chi connectivity index (χ1) is 13.6. The molecule has 28 heavy (non-hydrogen) atoms. The van der Waals surface area contributed by atoms with Gasteiger partial charge in [-0.25, -0.2) is 0 Å². The second kappa shape index (κ2) is 7.69. The lowest BCUT2D eigenvalue weighted by atomic mass is 10.1. The van der Waals surface area contributed by atoms with Crippen LogP contribution in [-0.2, 0) is 4.74 Å². The van der Waals surface area contributed by atoms with E-state index >= 15 is 0 Å². The lowest BCUT2D eigenvalue weighted by Gasteiger charge is -2.33. The first kappa shape index (κ1) is 18.0. The van der Waals surface area contributed by atoms with Crippen LogP contribution in [0.4, 0.5) is 5.69 Å². The van der Waals surface area contributed by atoms with Crippen molar-refractivity contribution in [1.82, 2.24) is 10.1 Å². The van der Waals surface area contributed by atoms with Crippen molar-refractivity contribution in [3.8, 4) is 11.5 Å². The summed E-state index contributed by atoms with van der Waals surface area (Å²) in [6.45, 7) is 3.61. The topological polar surface area (TPSA) is 97.8 Å². The molecular weight excluding hydrogens is 362 g/mol. The van der Waals surface area contributed by atoms with Gasteiger partial charge in [0.15, 0.2) is 11.5 Å². The van der Waals surface area contributed by atoms with Crippen molar-refractivity contribution in [2.75, 3.05) is 25.1 Å². The zero-order chi connectivity index (χ0) is 19.5. The van der Waals surface area contributed by atoms with E-state index < -0.39 is 5.91 Å². The number of hydrogen-bond donors (Lipinski definition) is 1. The molecule has 1 N–H and O–H groups in total. The molecule has 1 aliphatic heterocycles. The van der Waals surface area contributed by atoms with Crippen LogP contribution < -0.4 is 5.32 Å². The summed E-state index contributed by atoms with van der Waals surface area (Å²) in [5.74, 6) is 0.401. The Morgan fingerprint density at radius 3 is 2.71 bits per heavy atom. The van der Waals surface area contributed by atoms with Gasteiger partial charge in [0.05, 0.1) is 25.5 Å². The lowest BCUT2D eigenvalue weighted by molar-refractivity contribution is 0.00359. The maximum absolute atomic E-state index is 12.6. The summed E-state index contributed by atoms with van der Waals surface area (Å²) >= 11 is 0. The fourth-order valence-electron chi connectivity index (χ4n) is 3.00. The highest BCUT2D eigenvalue weighted by atomic mass is 16.5. The average Bonchev–Trinajstić information content (AvgIpc) is 3.40. The molecule has 1 saturated heterocycles. The molecule has 1 aromatic carbocycles. The molecule has 1 aliphatic rings. The van der Waals surface area contributed by atoms with Gasteiger partial charge >= 0.3 is 0 Å². The Labute approximate surface area is 161 Å². The quantitative estimate of drug-likeness (QED) is 0.746. The fraction of sp³-hybridized carbons (Fsp3) is 0.250. The van der Waals surface area contributed by atoms with Crippen LogP contribution in [0, 0.1) is 0 Å². The fourth-order valence-corrected chi connectivity index (χ4v) is 3.00. The van der Waals surface area contributed by atoms with Gasteiger partial charge in [-0.15, -0.1) is 0 Å². The third-order valence-corrected chi connectivity index (χ3v) is 4.53. The van der Waals surface area contributed by atoms with Gasteiger partial charge in [0.1, 0.15) is 0 Å². The van der Waals surface area contributed by atoms with Crippen LogP contribution in [0.5, 0.6) is 0 Å². The Morgan fingerprint density at radius 1 is 1.18 bits per heavy atom. The van der Waals surface area contributed by atoms with Crippen LogP contribution in [0.3, 0.4) is 0 Å². The van der Waals surface area contributed by atoms with Crippen molar-refractivity contribution in [3.63, 3.8) is 0 Å². The number of aromatic nitrogens is 1. The molecule has 3 aromatic rings. The molecule has 1 fully saturated rings. The number of ether oxygens (including phenoxy) is 1. The molecule has 8 nitrogen and oxygen atoms in total. The van der Waals surface area contributed by atoms with Crippen LogP contribution >= 0.6 is 0 Å². The molecule has 0 bridgehead atoms. The summed E-state index contributed by atoms with van der Waals surface area (Å²) in [6.07, 6.45) is 1.51. The molecular formula is C20H19N3O5. The van der Waals surface area contributed by atoms with Gasteiger partial charge in [0.25, 0.3) is 11.8 Å². The highest BCUT2D eigenvalue weighted by Crippen LogP contribution is 2.21. The number of nitrogens with one attached hydrogen (secondary N) is 1. The third kappa shape index (κ3) is 3.67. The van der Waals surface area contributed by atoms with Crippen LogP contribution in [0.15, 0.2) is 57.7 Å². The second-order valence-corrected chi connectivity index (χ2v) is 6.51. The summed E-state index contributed by atoms with van der Waals surface area (Å²) in [7, 11) is 0. The van der Waals surface area contributed by atoms with E-state index in [1.807, 2.05) is 6.92 Å². The van der Waals surface area contributed by atoms with Crippen molar-refractivity contribution in [2.24, 2.45) is 0 Å². The number of carbonyl (C=O) groups excluding carboxylic acids is 2. The molecule has 8 heteroatoms. The maximum Gasteiger partial charge on any atom is 0.277 e. The van der Waals surface area contributed by atoms with E-state index in [1.165, 1.54) is 12.3 Å². The highest BCUT2D eigenvalue weighted by Gasteiger charge is 2.24. The van der Waals surface area contributed by atoms with Gasteiger partial charge in [0.2, 0.25) is 5.76 Å². The van der Waals surface area contributed by atoms with E-state index in [9.17, 15) is 9.59 Å². The summed E-state index contributed by atoms with van der Waals surface area (Å²) in [5.41, 5.74) is 1.25. The largest absolute Gasteiger partial charge is 0.461 e. The number of furan rings is 1. The SMILES string of the molecule is CC1COCCN1C(=O)c1ccc(NC(=O)c2cc(-c3ccco3)on2)cc1. The smallest absolute Gasteiger partial charge is 0.277 e. The molecule has 2 aromatic heterocycles. The van der Waals surface area contributed by atoms with Crippen molar-refractivity contribution < 1.29 is 23.3 Å². The zero-order valence-electron chi connectivity index (χ0n) is 15.3. The monoisotopic (exact) mass is 381 g/mol. The third-order valence-electron chi connectivity index (χ3n) is 4.53. The number of amides is 2. The number of morpholine rings is 1. The Balaban J connectivity index is 1.41. The molecule has 0 aliphatic carbocycles. The minimum atomic E-state index is -0.414. The molecule has 0 saturated carbocycles. The van der Waals surface area contributed by atoms with E-state index in [0.29, 0.717) is 42.5 Å². The molecule has 4 rings (SSSR count). The van der Waals surface area contributed by atoms with Crippen LogP contribution in [0.1, 0.15) is 27.8 Å². The Bertz CT molecular complexity index is 962. The van der Waals surface area contributed by atoms with Crippen molar-refractivity contribution in [3.05, 3.63) is 60.0 Å². The molecule has 0 spiro atoms. The number of nitrogens with zero attached hydrogens (tertiary/aromatic N) is 2. The van der Waals surface area contributed by atoms with Crippen LogP contribution in [-0.4, -0.2) is 47.7 Å². The summed E-state index contributed by atoms with van der Waals surface area (Å²) in [6, 6.07) is 11.7. The van der Waals surface area contributed by atoms with Gasteiger partial charge < -0.3 is 23.9 Å². The molecule has 1 atom stereocenters. The average molecular weight is 381 g/mol. The molecule has 1 unspecified atom stereocenters. The van der Waals surface area contributed by atoms with E-state index in [2.05, 4.69) is 10.5 Å². The second-order valence-electron chi connectivity index (χ2n) is 6.51. The van der Waals surface area contributed by atoms with Gasteiger partial charge in [-0.2, -0.15) is 0 Å². The highest BCUT2D eigenvalue weighted by molar-refractivity contribution is 6.03. The minimum absolute atomic E-state index is 0.0381. The Hall–Kier alpha value is -3.39. The van der Waals surface area contributed by atoms with Gasteiger partial charge in [-0.3, -0.25) is 9.59 Å². The number of carbonyl (C=O) groups is 2. The zero-order valence-corrected chi connectivity index (χ0v) is 15.3. The van der Waals surface area contributed by atoms with Gasteiger partial charge in [0, 0.05) is 23.9 Å². The molecule has 2 amide bonds. The van der Waals surface area contributed by atoms with Crippen LogP contribution in [0.25, 0.3) is 11.5 Å². The number of benzene rings is 1. The number of anilines is 1. The van der Waals surface area contributed by atoms with Crippen LogP contribution in [0.2, 0.25) is 0 Å². The van der Waals surface area contributed by atoms with Crippen molar-refractivity contribution in [2.45, 2.75) is 13.0 Å². The first-order valence-corrected chi connectivity index (χ1v) is 8.92. The number of rotatable bonds is 4. The van der Waals surface area contributed by atoms with Gasteiger partial charge in [-0.1, -0.05) is 5.16 Å². The minimum Gasteiger partial charge on any atom is -0.461 e. The normalized spacial score (nSPS) is 16.8. The first-order valence-electron chi connectivity index (χ1n) is 8.92. The molecule has 3 heterocycles. The van der Waals surface area contributed by atoms with E-state index in [1.54, 1.807) is 41.3 Å². The van der Waals surface area contributed by atoms with E-state index in [-0.39, 0.29) is 17.6 Å². The summed E-state index contributed by atoms with van der Waals surface area (Å²) in [4.78, 5) is 26.8. The molecule has 144 valence electrons. The van der Waals surface area contributed by atoms with E-state index in [4.69, 9.17) is 13.7 Å². The van der Waals surface area contributed by atoms with Crippen molar-refractivity contribution >= 4 is 17.5 Å².